The lowest BCUT2D eigenvalue weighted by Crippen LogP contribution is -2.45. The molecule has 1 aromatic heterocycles. The molecule has 1 saturated heterocycles. The van der Waals surface area contributed by atoms with Crippen LogP contribution in [0.25, 0.3) is 11.3 Å². The number of rotatable bonds is 3. The van der Waals surface area contributed by atoms with Gasteiger partial charge in [-0.25, -0.2) is 18.2 Å². The minimum atomic E-state index is -1.48. The van der Waals surface area contributed by atoms with E-state index in [1.807, 2.05) is 26.0 Å². The number of H-pyrrole nitrogens is 1. The largest absolute Gasteiger partial charge is 0.345 e. The minimum absolute atomic E-state index is 0.156. The average molecular weight is 399 g/mol. The first-order valence-corrected chi connectivity index (χ1v) is 9.34. The number of nitrogens with one attached hydrogen (secondary N) is 1. The van der Waals surface area contributed by atoms with Crippen molar-refractivity contribution in [3.05, 3.63) is 77.5 Å². The molecule has 1 amide bonds. The monoisotopic (exact) mass is 399 g/mol. The Morgan fingerprint density at radius 2 is 1.79 bits per heavy atom. The van der Waals surface area contributed by atoms with Crippen LogP contribution in [-0.2, 0) is 0 Å². The summed E-state index contributed by atoms with van der Waals surface area (Å²) < 4.78 is 40.8. The van der Waals surface area contributed by atoms with Gasteiger partial charge in [0.05, 0.1) is 18.2 Å². The fourth-order valence-corrected chi connectivity index (χ4v) is 4.16. The first kappa shape index (κ1) is 19.2. The van der Waals surface area contributed by atoms with Crippen LogP contribution in [0.3, 0.4) is 0 Å². The molecule has 2 aromatic carbocycles. The Kier molecular flexibility index (Phi) is 4.68. The lowest BCUT2D eigenvalue weighted by molar-refractivity contribution is 0.0635. The summed E-state index contributed by atoms with van der Waals surface area (Å²) >= 11 is 0. The van der Waals surface area contributed by atoms with E-state index in [1.54, 1.807) is 29.6 Å². The van der Waals surface area contributed by atoms with Crippen LogP contribution in [0.15, 0.2) is 48.9 Å². The number of nitrogens with zero attached hydrogens (tertiary/aromatic N) is 2. The molecule has 1 aliphatic rings. The van der Waals surface area contributed by atoms with Crippen molar-refractivity contribution < 1.29 is 18.0 Å². The molecule has 0 saturated carbocycles. The van der Waals surface area contributed by atoms with Crippen molar-refractivity contribution in [3.63, 3.8) is 0 Å². The molecule has 29 heavy (non-hydrogen) atoms. The van der Waals surface area contributed by atoms with Gasteiger partial charge in [0.1, 0.15) is 0 Å². The summed E-state index contributed by atoms with van der Waals surface area (Å²) in [7, 11) is 0. The van der Waals surface area contributed by atoms with Gasteiger partial charge in [0.25, 0.3) is 5.91 Å². The predicted molar refractivity (Wildman–Crippen MR) is 103 cm³/mol. The molecule has 150 valence electrons. The molecule has 4 nitrogen and oxygen atoms in total. The third-order valence-corrected chi connectivity index (χ3v) is 5.78. The average Bonchev–Trinajstić information content (AvgIpc) is 3.33. The molecule has 0 bridgehead atoms. The molecule has 1 aliphatic heterocycles. The Hall–Kier alpha value is -3.09. The molecule has 7 heteroatoms. The maximum absolute atomic E-state index is 13.7. The summed E-state index contributed by atoms with van der Waals surface area (Å²) in [6, 6.07) is 9.23. The van der Waals surface area contributed by atoms with Gasteiger partial charge in [-0.1, -0.05) is 12.1 Å². The van der Waals surface area contributed by atoms with E-state index >= 15 is 0 Å². The van der Waals surface area contributed by atoms with E-state index in [4.69, 9.17) is 0 Å². The van der Waals surface area contributed by atoms with Crippen LogP contribution in [0.2, 0.25) is 0 Å². The highest BCUT2D eigenvalue weighted by molar-refractivity contribution is 5.95. The van der Waals surface area contributed by atoms with Crippen molar-refractivity contribution in [1.82, 2.24) is 14.9 Å². The number of aromatic amines is 1. The predicted octanol–water partition coefficient (Wildman–Crippen LogP) is 4.90. The zero-order valence-electron chi connectivity index (χ0n) is 16.0. The van der Waals surface area contributed by atoms with Crippen LogP contribution in [0.1, 0.15) is 42.1 Å². The maximum atomic E-state index is 13.7. The second-order valence-corrected chi connectivity index (χ2v) is 7.79. The van der Waals surface area contributed by atoms with Gasteiger partial charge in [-0.05, 0) is 55.7 Å². The van der Waals surface area contributed by atoms with Crippen molar-refractivity contribution in [2.24, 2.45) is 0 Å². The van der Waals surface area contributed by atoms with Gasteiger partial charge in [-0.2, -0.15) is 0 Å². The molecule has 1 atom stereocenters. The van der Waals surface area contributed by atoms with Gasteiger partial charge in [-0.3, -0.25) is 4.79 Å². The molecule has 4 rings (SSSR count). The quantitative estimate of drug-likeness (QED) is 0.637. The van der Waals surface area contributed by atoms with E-state index in [1.165, 1.54) is 0 Å². The zero-order chi connectivity index (χ0) is 20.8. The van der Waals surface area contributed by atoms with Gasteiger partial charge in [0, 0.05) is 23.6 Å². The van der Waals surface area contributed by atoms with Gasteiger partial charge in [0.2, 0.25) is 0 Å². The molecule has 2 heterocycles. The lowest BCUT2D eigenvalue weighted by atomic mass is 9.82. The Morgan fingerprint density at radius 1 is 1.14 bits per heavy atom. The van der Waals surface area contributed by atoms with Gasteiger partial charge < -0.3 is 9.88 Å². The van der Waals surface area contributed by atoms with Gasteiger partial charge >= 0.3 is 0 Å². The molecule has 1 fully saturated rings. The summed E-state index contributed by atoms with van der Waals surface area (Å²) in [6.45, 7) is 4.17. The molecular weight excluding hydrogens is 379 g/mol. The third kappa shape index (κ3) is 3.30. The first-order valence-electron chi connectivity index (χ1n) is 9.34. The smallest absolute Gasteiger partial charge is 0.254 e. The molecule has 0 radical (unpaired) electrons. The highest BCUT2D eigenvalue weighted by Gasteiger charge is 2.45. The fraction of sp³-hybridized carbons (Fsp3) is 0.273. The van der Waals surface area contributed by atoms with Crippen LogP contribution in [0, 0.1) is 17.5 Å². The summed E-state index contributed by atoms with van der Waals surface area (Å²) in [5.74, 6) is -4.36. The summed E-state index contributed by atoms with van der Waals surface area (Å²) in [4.78, 5) is 21.8. The van der Waals surface area contributed by atoms with Crippen molar-refractivity contribution in [1.29, 1.82) is 0 Å². The van der Waals surface area contributed by atoms with Gasteiger partial charge in [0.15, 0.2) is 17.5 Å². The summed E-state index contributed by atoms with van der Waals surface area (Å²) in [6.07, 6.45) is 3.82. The van der Waals surface area contributed by atoms with E-state index in [9.17, 15) is 18.0 Å². The van der Waals surface area contributed by atoms with Gasteiger partial charge in [-0.15, -0.1) is 0 Å². The fourth-order valence-electron chi connectivity index (χ4n) is 4.16. The SMILES string of the molecule is CC1(C)C(c2cc(F)c(F)c(F)c2)CCN1C(=O)c1ccc(-c2cnc[nH]2)cc1. The Labute approximate surface area is 166 Å². The summed E-state index contributed by atoms with van der Waals surface area (Å²) in [5.41, 5.74) is 1.96. The van der Waals surface area contributed by atoms with E-state index in [-0.39, 0.29) is 11.8 Å². The molecule has 1 unspecified atom stereocenters. The Morgan fingerprint density at radius 3 is 2.38 bits per heavy atom. The van der Waals surface area contributed by atoms with Crippen LogP contribution in [-0.4, -0.2) is 32.9 Å². The number of carbonyl (C=O) groups is 1. The van der Waals surface area contributed by atoms with Crippen molar-refractivity contribution in [2.45, 2.75) is 31.7 Å². The molecule has 1 N–H and O–H groups in total. The summed E-state index contributed by atoms with van der Waals surface area (Å²) in [5, 5.41) is 0. The standard InChI is InChI=1S/C22H20F3N3O/c1-22(2)16(15-9-17(23)20(25)18(24)10-15)7-8-28(22)21(29)14-5-3-13(4-6-14)19-11-26-12-27-19/h3-6,9-12,16H,7-8H2,1-2H3,(H,26,27). The topological polar surface area (TPSA) is 49.0 Å². The molecule has 3 aromatic rings. The number of benzene rings is 2. The zero-order valence-corrected chi connectivity index (χ0v) is 16.0. The number of likely N-dealkylation sites (tertiary alicyclic amines) is 1. The second kappa shape index (κ2) is 7.06. The maximum Gasteiger partial charge on any atom is 0.254 e. The van der Waals surface area contributed by atoms with Crippen LogP contribution in [0.4, 0.5) is 13.2 Å². The first-order chi connectivity index (χ1) is 13.8. The lowest BCUT2D eigenvalue weighted by Gasteiger charge is -2.36. The van der Waals surface area contributed by atoms with E-state index < -0.39 is 23.0 Å². The Bertz CT molecular complexity index is 1020. The van der Waals surface area contributed by atoms with Crippen LogP contribution in [0.5, 0.6) is 0 Å². The highest BCUT2D eigenvalue weighted by atomic mass is 19.2. The Balaban J connectivity index is 1.59. The number of carbonyl (C=O) groups excluding carboxylic acids is 1. The minimum Gasteiger partial charge on any atom is -0.345 e. The molecular formula is C22H20F3N3O. The normalized spacial score (nSPS) is 18.2. The number of hydrogen-bond donors (Lipinski definition) is 1. The number of aromatic nitrogens is 2. The van der Waals surface area contributed by atoms with Crippen LogP contribution >= 0.6 is 0 Å². The van der Waals surface area contributed by atoms with E-state index in [2.05, 4.69) is 9.97 Å². The van der Waals surface area contributed by atoms with Crippen molar-refractivity contribution in [3.8, 4) is 11.3 Å². The number of halogens is 3. The molecule has 0 aliphatic carbocycles. The van der Waals surface area contributed by atoms with Crippen molar-refractivity contribution in [2.75, 3.05) is 6.54 Å². The highest BCUT2D eigenvalue weighted by Crippen LogP contribution is 2.43. The number of hydrogen-bond acceptors (Lipinski definition) is 2. The molecule has 0 spiro atoms. The van der Waals surface area contributed by atoms with Crippen LogP contribution < -0.4 is 0 Å². The third-order valence-electron chi connectivity index (χ3n) is 5.78. The number of amides is 1. The van der Waals surface area contributed by atoms with Crippen molar-refractivity contribution >= 4 is 5.91 Å². The van der Waals surface area contributed by atoms with E-state index in [0.29, 0.717) is 24.1 Å². The van der Waals surface area contributed by atoms with E-state index in [0.717, 1.165) is 23.4 Å². The second-order valence-electron chi connectivity index (χ2n) is 7.79. The number of imidazole rings is 1.